The predicted octanol–water partition coefficient (Wildman–Crippen LogP) is -0.234. The lowest BCUT2D eigenvalue weighted by Gasteiger charge is -2.25. The average molecular weight is 197 g/mol. The molecule has 0 aromatic carbocycles. The number of carbonyl (C=O) groups excluding carboxylic acids is 1. The van der Waals surface area contributed by atoms with Crippen LogP contribution in [0.1, 0.15) is 0 Å². The Morgan fingerprint density at radius 1 is 1.79 bits per heavy atom. The number of aromatic nitrogens is 2. The normalized spacial score (nSPS) is 16.1. The summed E-state index contributed by atoms with van der Waals surface area (Å²) in [6, 6.07) is 0. The summed E-state index contributed by atoms with van der Waals surface area (Å²) >= 11 is 0. The molecule has 0 unspecified atom stereocenters. The van der Waals surface area contributed by atoms with Crippen LogP contribution in [0.4, 0.5) is 5.69 Å². The Morgan fingerprint density at radius 2 is 2.57 bits per heavy atom. The van der Waals surface area contributed by atoms with E-state index in [1.54, 1.807) is 17.9 Å². The van der Waals surface area contributed by atoms with Crippen LogP contribution in [0.15, 0.2) is 6.20 Å². The molecule has 1 N–H and O–H groups in total. The summed E-state index contributed by atoms with van der Waals surface area (Å²) in [4.78, 5) is 10.3. The van der Waals surface area contributed by atoms with Crippen molar-refractivity contribution >= 4 is 12.1 Å². The minimum absolute atomic E-state index is 0.0529. The van der Waals surface area contributed by atoms with Crippen molar-refractivity contribution in [3.8, 4) is 5.88 Å². The van der Waals surface area contributed by atoms with Gasteiger partial charge in [-0.2, -0.15) is 0 Å². The second kappa shape index (κ2) is 3.67. The second-order valence-corrected chi connectivity index (χ2v) is 3.06. The van der Waals surface area contributed by atoms with E-state index >= 15 is 0 Å². The van der Waals surface area contributed by atoms with Gasteiger partial charge < -0.3 is 14.8 Å². The van der Waals surface area contributed by atoms with Gasteiger partial charge in [0, 0.05) is 7.05 Å². The van der Waals surface area contributed by atoms with Crippen molar-refractivity contribution in [1.29, 1.82) is 0 Å². The Labute approximate surface area is 80.8 Å². The summed E-state index contributed by atoms with van der Waals surface area (Å²) in [7, 11) is 1.76. The van der Waals surface area contributed by atoms with Crippen molar-refractivity contribution in [2.75, 3.05) is 18.5 Å². The molecule has 1 fully saturated rings. The molecule has 1 aromatic heterocycles. The van der Waals surface area contributed by atoms with Crippen LogP contribution in [0, 0.1) is 0 Å². The predicted molar refractivity (Wildman–Crippen MR) is 48.1 cm³/mol. The Balaban J connectivity index is 2.08. The van der Waals surface area contributed by atoms with Crippen LogP contribution in [-0.2, 0) is 16.6 Å². The highest BCUT2D eigenvalue weighted by Crippen LogP contribution is 2.23. The minimum Gasteiger partial charge on any atom is -0.467 e. The van der Waals surface area contributed by atoms with Crippen LogP contribution in [0.2, 0.25) is 0 Å². The van der Waals surface area contributed by atoms with Crippen LogP contribution in [0.3, 0.4) is 0 Å². The standard InChI is InChI=1S/C8H11N3O3/c1-11-2-7(9-5-12)8(10-11)14-6-3-13-4-6/h2,5-6H,3-4H2,1H3,(H,9,12). The van der Waals surface area contributed by atoms with Crippen LogP contribution < -0.4 is 10.1 Å². The van der Waals surface area contributed by atoms with E-state index in [1.807, 2.05) is 0 Å². The molecule has 1 aliphatic heterocycles. The molecule has 1 saturated heterocycles. The molecule has 1 amide bonds. The topological polar surface area (TPSA) is 65.4 Å². The van der Waals surface area contributed by atoms with E-state index < -0.39 is 0 Å². The van der Waals surface area contributed by atoms with E-state index in [1.165, 1.54) is 0 Å². The van der Waals surface area contributed by atoms with Crippen molar-refractivity contribution in [2.45, 2.75) is 6.10 Å². The molecule has 6 nitrogen and oxygen atoms in total. The van der Waals surface area contributed by atoms with E-state index in [4.69, 9.17) is 9.47 Å². The molecule has 2 rings (SSSR count). The van der Waals surface area contributed by atoms with Gasteiger partial charge in [0.15, 0.2) is 0 Å². The van der Waals surface area contributed by atoms with E-state index in [2.05, 4.69) is 10.4 Å². The quantitative estimate of drug-likeness (QED) is 0.677. The first-order chi connectivity index (χ1) is 6.79. The van der Waals surface area contributed by atoms with Gasteiger partial charge in [-0.05, 0) is 0 Å². The number of hydrogen-bond acceptors (Lipinski definition) is 4. The minimum atomic E-state index is 0.0529. The maximum atomic E-state index is 10.3. The molecule has 0 spiro atoms. The number of ether oxygens (including phenoxy) is 2. The van der Waals surface area contributed by atoms with Gasteiger partial charge in [-0.1, -0.05) is 0 Å². The summed E-state index contributed by atoms with van der Waals surface area (Å²) in [5, 5.41) is 6.59. The molecule has 76 valence electrons. The highest BCUT2D eigenvalue weighted by Gasteiger charge is 2.22. The maximum Gasteiger partial charge on any atom is 0.257 e. The molecular formula is C8H11N3O3. The smallest absolute Gasteiger partial charge is 0.257 e. The largest absolute Gasteiger partial charge is 0.467 e. The summed E-state index contributed by atoms with van der Waals surface area (Å²) in [6.07, 6.45) is 2.34. The molecule has 2 heterocycles. The molecule has 0 saturated carbocycles. The number of nitrogens with one attached hydrogen (secondary N) is 1. The Hall–Kier alpha value is -1.56. The van der Waals surface area contributed by atoms with E-state index in [0.29, 0.717) is 31.2 Å². The first kappa shape index (κ1) is 9.01. The van der Waals surface area contributed by atoms with Gasteiger partial charge in [0.1, 0.15) is 11.8 Å². The lowest BCUT2D eigenvalue weighted by atomic mass is 10.3. The molecule has 0 aliphatic carbocycles. The Kier molecular flexibility index (Phi) is 2.36. The number of nitrogens with zero attached hydrogens (tertiary/aromatic N) is 2. The molecule has 1 aromatic rings. The zero-order chi connectivity index (χ0) is 9.97. The summed E-state index contributed by atoms with van der Waals surface area (Å²) in [6.45, 7) is 1.16. The van der Waals surface area contributed by atoms with Crippen molar-refractivity contribution in [2.24, 2.45) is 7.05 Å². The van der Waals surface area contributed by atoms with Gasteiger partial charge >= 0.3 is 0 Å². The number of rotatable bonds is 4. The van der Waals surface area contributed by atoms with Crippen molar-refractivity contribution in [1.82, 2.24) is 9.78 Å². The fourth-order valence-corrected chi connectivity index (χ4v) is 1.16. The van der Waals surface area contributed by atoms with Crippen molar-refractivity contribution in [3.63, 3.8) is 0 Å². The molecule has 0 bridgehead atoms. The summed E-state index contributed by atoms with van der Waals surface area (Å²) in [5.41, 5.74) is 0.578. The zero-order valence-corrected chi connectivity index (χ0v) is 7.77. The van der Waals surface area contributed by atoms with Gasteiger partial charge in [0.05, 0.1) is 19.4 Å². The maximum absolute atomic E-state index is 10.3. The third kappa shape index (κ3) is 1.69. The third-order valence-electron chi connectivity index (χ3n) is 1.90. The van der Waals surface area contributed by atoms with Gasteiger partial charge in [-0.15, -0.1) is 5.10 Å². The highest BCUT2D eigenvalue weighted by molar-refractivity contribution is 5.73. The number of hydrogen-bond donors (Lipinski definition) is 1. The monoisotopic (exact) mass is 197 g/mol. The fraction of sp³-hybridized carbons (Fsp3) is 0.500. The fourth-order valence-electron chi connectivity index (χ4n) is 1.16. The third-order valence-corrected chi connectivity index (χ3v) is 1.90. The Bertz CT molecular complexity index is 333. The number of amides is 1. The zero-order valence-electron chi connectivity index (χ0n) is 7.77. The van der Waals surface area contributed by atoms with Gasteiger partial charge in [0.2, 0.25) is 6.41 Å². The van der Waals surface area contributed by atoms with Crippen molar-refractivity contribution in [3.05, 3.63) is 6.20 Å². The average Bonchev–Trinajstić information content (AvgIpc) is 2.40. The molecule has 0 radical (unpaired) electrons. The molecule has 0 atom stereocenters. The van der Waals surface area contributed by atoms with Crippen LogP contribution in [-0.4, -0.2) is 35.5 Å². The van der Waals surface area contributed by atoms with Crippen LogP contribution in [0.5, 0.6) is 5.88 Å². The molecule has 14 heavy (non-hydrogen) atoms. The summed E-state index contributed by atoms with van der Waals surface area (Å²) < 4.78 is 12.0. The second-order valence-electron chi connectivity index (χ2n) is 3.06. The van der Waals surface area contributed by atoms with Crippen LogP contribution in [0.25, 0.3) is 0 Å². The summed E-state index contributed by atoms with van der Waals surface area (Å²) in [5.74, 6) is 0.438. The number of anilines is 1. The Morgan fingerprint density at radius 3 is 3.14 bits per heavy atom. The van der Waals surface area contributed by atoms with Crippen LogP contribution >= 0.6 is 0 Å². The highest BCUT2D eigenvalue weighted by atomic mass is 16.6. The van der Waals surface area contributed by atoms with Crippen molar-refractivity contribution < 1.29 is 14.3 Å². The number of carbonyl (C=O) groups is 1. The van der Waals surface area contributed by atoms with E-state index in [-0.39, 0.29) is 6.10 Å². The van der Waals surface area contributed by atoms with E-state index in [0.717, 1.165) is 0 Å². The van der Waals surface area contributed by atoms with E-state index in [9.17, 15) is 4.79 Å². The number of aryl methyl sites for hydroxylation is 1. The lowest BCUT2D eigenvalue weighted by molar-refractivity contribution is -0.105. The lowest BCUT2D eigenvalue weighted by Crippen LogP contribution is -2.38. The first-order valence-electron chi connectivity index (χ1n) is 4.28. The molecule has 1 aliphatic rings. The molecule has 6 heteroatoms. The van der Waals surface area contributed by atoms with Gasteiger partial charge in [-0.3, -0.25) is 9.48 Å². The SMILES string of the molecule is Cn1cc(NC=O)c(OC2COC2)n1. The van der Waals surface area contributed by atoms with Gasteiger partial charge in [0.25, 0.3) is 5.88 Å². The van der Waals surface area contributed by atoms with Gasteiger partial charge in [-0.25, -0.2) is 0 Å². The molecular weight excluding hydrogens is 186 g/mol. The first-order valence-corrected chi connectivity index (χ1v) is 4.28.